The number of nitrogens with zero attached hydrogens (tertiary/aromatic N) is 5. The first-order chi connectivity index (χ1) is 13.1. The van der Waals surface area contributed by atoms with Crippen LogP contribution in [0.1, 0.15) is 19.8 Å². The Balaban J connectivity index is 1.95. The van der Waals surface area contributed by atoms with Crippen LogP contribution in [0.25, 0.3) is 32.3 Å². The zero-order chi connectivity index (χ0) is 19.0. The number of hydrogen-bond acceptors (Lipinski definition) is 8. The highest BCUT2D eigenvalue weighted by atomic mass is 32.2. The van der Waals surface area contributed by atoms with Crippen molar-refractivity contribution in [3.63, 3.8) is 0 Å². The first-order valence-corrected chi connectivity index (χ1v) is 11.5. The highest BCUT2D eigenvalue weighted by Crippen LogP contribution is 2.43. The summed E-state index contributed by atoms with van der Waals surface area (Å²) in [5.41, 5.74) is 8.56. The minimum absolute atomic E-state index is 0.528. The van der Waals surface area contributed by atoms with Gasteiger partial charge in [0.2, 0.25) is 4.21 Å². The number of hydrogen-bond donors (Lipinski definition) is 1. The summed E-state index contributed by atoms with van der Waals surface area (Å²) in [6.07, 6.45) is 5.15. The molecule has 4 aromatic heterocycles. The molecule has 0 aliphatic carbocycles. The van der Waals surface area contributed by atoms with Gasteiger partial charge in [-0.25, -0.2) is 19.6 Å². The molecule has 0 saturated heterocycles. The van der Waals surface area contributed by atoms with E-state index in [0.717, 1.165) is 39.3 Å². The molecular weight excluding hydrogens is 400 g/mol. The van der Waals surface area contributed by atoms with Crippen molar-refractivity contribution in [2.45, 2.75) is 24.0 Å². The van der Waals surface area contributed by atoms with Gasteiger partial charge in [-0.1, -0.05) is 24.7 Å². The first-order valence-electron chi connectivity index (χ1n) is 8.45. The maximum Gasteiger partial charge on any atom is 0.232 e. The monoisotopic (exact) mass is 418 g/mol. The number of anilines is 1. The van der Waals surface area contributed by atoms with Gasteiger partial charge in [-0.2, -0.15) is 5.10 Å². The van der Waals surface area contributed by atoms with Crippen LogP contribution in [-0.4, -0.2) is 35.0 Å². The third-order valence-corrected chi connectivity index (χ3v) is 7.95. The molecule has 1 unspecified atom stereocenters. The van der Waals surface area contributed by atoms with Crippen LogP contribution in [0.15, 0.2) is 28.2 Å². The number of aromatic nitrogens is 5. The van der Waals surface area contributed by atoms with Crippen LogP contribution in [0.3, 0.4) is 0 Å². The molecular formula is C17H18N6OS3. The Morgan fingerprint density at radius 3 is 2.85 bits per heavy atom. The van der Waals surface area contributed by atoms with E-state index in [-0.39, 0.29) is 0 Å². The molecule has 0 aliphatic heterocycles. The summed E-state index contributed by atoms with van der Waals surface area (Å²) >= 11 is 1.78. The largest absolute Gasteiger partial charge is 0.611 e. The molecule has 0 amide bonds. The van der Waals surface area contributed by atoms with E-state index in [4.69, 9.17) is 10.7 Å². The second-order valence-corrected chi connectivity index (χ2v) is 9.65. The molecule has 140 valence electrons. The molecule has 0 aliphatic rings. The van der Waals surface area contributed by atoms with Crippen LogP contribution in [0.4, 0.5) is 5.69 Å². The lowest BCUT2D eigenvalue weighted by Crippen LogP contribution is -2.07. The van der Waals surface area contributed by atoms with Crippen molar-refractivity contribution >= 4 is 49.8 Å². The summed E-state index contributed by atoms with van der Waals surface area (Å²) in [5.74, 6) is 1.29. The van der Waals surface area contributed by atoms with Gasteiger partial charge < -0.3 is 10.3 Å². The van der Waals surface area contributed by atoms with Crippen molar-refractivity contribution in [1.29, 1.82) is 0 Å². The average molecular weight is 419 g/mol. The zero-order valence-electron chi connectivity index (χ0n) is 14.9. The molecule has 4 aromatic rings. The molecule has 0 bridgehead atoms. The van der Waals surface area contributed by atoms with Crippen LogP contribution in [0.2, 0.25) is 0 Å². The number of thiazole rings is 1. The maximum atomic E-state index is 12.7. The Kier molecular flexibility index (Phi) is 5.13. The molecule has 0 spiro atoms. The molecule has 1 atom stereocenters. The number of nitrogens with two attached hydrogens (primary N) is 1. The van der Waals surface area contributed by atoms with Gasteiger partial charge in [0, 0.05) is 24.2 Å². The van der Waals surface area contributed by atoms with E-state index in [2.05, 4.69) is 22.0 Å². The Labute approximate surface area is 167 Å². The topological polar surface area (TPSA) is 106 Å². The third-order valence-electron chi connectivity index (χ3n) is 4.16. The minimum atomic E-state index is -1.13. The van der Waals surface area contributed by atoms with E-state index in [1.165, 1.54) is 29.0 Å². The molecule has 0 fully saturated rings. The molecule has 10 heteroatoms. The molecule has 0 aromatic carbocycles. The summed E-state index contributed by atoms with van der Waals surface area (Å²) in [4.78, 5) is 14.3. The van der Waals surface area contributed by atoms with Crippen LogP contribution >= 0.6 is 22.7 Å². The quantitative estimate of drug-likeness (QED) is 0.479. The van der Waals surface area contributed by atoms with Gasteiger partial charge in [-0.3, -0.25) is 0 Å². The molecule has 2 N–H and O–H groups in total. The smallest absolute Gasteiger partial charge is 0.232 e. The lowest BCUT2D eigenvalue weighted by atomic mass is 10.1. The number of nitrogen functional groups attached to an aromatic ring is 1. The summed E-state index contributed by atoms with van der Waals surface area (Å²) in [6, 6.07) is 1.94. The zero-order valence-corrected chi connectivity index (χ0v) is 17.3. The number of fused-ring (bicyclic) bond motifs is 1. The van der Waals surface area contributed by atoms with Crippen molar-refractivity contribution in [3.8, 4) is 22.1 Å². The van der Waals surface area contributed by atoms with Gasteiger partial charge >= 0.3 is 0 Å². The average Bonchev–Trinajstić information content (AvgIpc) is 3.39. The minimum Gasteiger partial charge on any atom is -0.611 e. The highest BCUT2D eigenvalue weighted by molar-refractivity contribution is 7.93. The van der Waals surface area contributed by atoms with E-state index in [9.17, 15) is 4.55 Å². The molecule has 0 radical (unpaired) electrons. The van der Waals surface area contributed by atoms with E-state index >= 15 is 0 Å². The van der Waals surface area contributed by atoms with Gasteiger partial charge in [0.1, 0.15) is 33.3 Å². The lowest BCUT2D eigenvalue weighted by molar-refractivity contribution is 0.594. The molecule has 7 nitrogen and oxygen atoms in total. The van der Waals surface area contributed by atoms with Crippen molar-refractivity contribution in [1.82, 2.24) is 24.7 Å². The van der Waals surface area contributed by atoms with Gasteiger partial charge in [-0.15, -0.1) is 11.3 Å². The fourth-order valence-electron chi connectivity index (χ4n) is 2.81. The molecule has 4 heterocycles. The summed E-state index contributed by atoms with van der Waals surface area (Å²) in [6.45, 7) is 2.08. The van der Waals surface area contributed by atoms with Crippen LogP contribution < -0.4 is 5.73 Å². The number of aryl methyl sites for hydroxylation is 1. The molecule has 0 saturated carbocycles. The van der Waals surface area contributed by atoms with Crippen molar-refractivity contribution in [3.05, 3.63) is 24.0 Å². The SMILES string of the molecule is CCCC[S+]([O-])c1sc2nc(-c3nccs3)cc(-c3ncnn3C)c2c1N. The van der Waals surface area contributed by atoms with Gasteiger partial charge in [-0.05, 0) is 23.7 Å². The second kappa shape index (κ2) is 7.55. The van der Waals surface area contributed by atoms with Gasteiger partial charge in [0.15, 0.2) is 5.82 Å². The predicted octanol–water partition coefficient (Wildman–Crippen LogP) is 3.71. The van der Waals surface area contributed by atoms with Gasteiger partial charge in [0.25, 0.3) is 0 Å². The van der Waals surface area contributed by atoms with Crippen molar-refractivity contribution < 1.29 is 4.55 Å². The number of thiophene rings is 1. The fourth-order valence-corrected chi connectivity index (χ4v) is 6.21. The van der Waals surface area contributed by atoms with E-state index in [0.29, 0.717) is 21.5 Å². The van der Waals surface area contributed by atoms with E-state index < -0.39 is 11.2 Å². The van der Waals surface area contributed by atoms with Gasteiger partial charge in [0.05, 0.1) is 5.39 Å². The summed E-state index contributed by atoms with van der Waals surface area (Å²) in [5, 5.41) is 7.70. The van der Waals surface area contributed by atoms with Crippen molar-refractivity contribution in [2.24, 2.45) is 7.05 Å². The maximum absolute atomic E-state index is 12.7. The number of rotatable bonds is 6. The van der Waals surface area contributed by atoms with Crippen LogP contribution in [0, 0.1) is 0 Å². The Morgan fingerprint density at radius 1 is 1.33 bits per heavy atom. The number of unbranched alkanes of at least 4 members (excludes halogenated alkanes) is 1. The van der Waals surface area contributed by atoms with Crippen LogP contribution in [0.5, 0.6) is 0 Å². The summed E-state index contributed by atoms with van der Waals surface area (Å²) in [7, 11) is 1.83. The Hall–Kier alpha value is -2.01. The summed E-state index contributed by atoms with van der Waals surface area (Å²) < 4.78 is 15.1. The molecule has 27 heavy (non-hydrogen) atoms. The van der Waals surface area contributed by atoms with Crippen molar-refractivity contribution in [2.75, 3.05) is 11.5 Å². The van der Waals surface area contributed by atoms with Crippen LogP contribution in [-0.2, 0) is 18.2 Å². The third kappa shape index (κ3) is 3.33. The Morgan fingerprint density at radius 2 is 2.19 bits per heavy atom. The Bertz CT molecular complexity index is 1070. The normalized spacial score (nSPS) is 12.7. The second-order valence-electron chi connectivity index (χ2n) is 5.99. The molecule has 4 rings (SSSR count). The number of pyridine rings is 1. The highest BCUT2D eigenvalue weighted by Gasteiger charge is 2.26. The van der Waals surface area contributed by atoms with E-state index in [1.807, 2.05) is 18.5 Å². The predicted molar refractivity (Wildman–Crippen MR) is 111 cm³/mol. The fraction of sp³-hybridized carbons (Fsp3) is 0.294. The standard InChI is InChI=1S/C17H18N6OS3/c1-3-4-7-27(24)17-13(18)12-10(14-20-9-21-23(14)2)8-11(22-16(12)26-17)15-19-5-6-25-15/h5-6,8-9H,3-4,7,18H2,1-2H3. The van der Waals surface area contributed by atoms with E-state index in [1.54, 1.807) is 10.9 Å². The first kappa shape index (κ1) is 18.4. The lowest BCUT2D eigenvalue weighted by Gasteiger charge is -2.08.